The van der Waals surface area contributed by atoms with Gasteiger partial charge in [0.1, 0.15) is 11.9 Å². The molecule has 4 aromatic rings. The Labute approximate surface area is 271 Å². The summed E-state index contributed by atoms with van der Waals surface area (Å²) in [5.41, 5.74) is 6.28. The second-order valence-electron chi connectivity index (χ2n) is 11.7. The smallest absolute Gasteiger partial charge is 0.411 e. The third kappa shape index (κ3) is 10.5. The molecule has 8 heteroatoms. The maximum atomic E-state index is 12.7. The van der Waals surface area contributed by atoms with E-state index >= 15 is 0 Å². The predicted octanol–water partition coefficient (Wildman–Crippen LogP) is 6.15. The van der Waals surface area contributed by atoms with Crippen LogP contribution < -0.4 is 16.0 Å². The number of aromatic hydroxyl groups is 1. The number of hydrogen-bond donors (Lipinski definition) is 4. The molecule has 8 nitrogen and oxygen atoms in total. The van der Waals surface area contributed by atoms with Gasteiger partial charge in [-0.1, -0.05) is 84.9 Å². The van der Waals surface area contributed by atoms with E-state index in [-0.39, 0.29) is 12.0 Å². The summed E-state index contributed by atoms with van der Waals surface area (Å²) in [4.78, 5) is 27.4. The lowest BCUT2D eigenvalue weighted by molar-refractivity contribution is -0.121. The molecule has 2 amide bonds. The van der Waals surface area contributed by atoms with Crippen molar-refractivity contribution in [1.29, 1.82) is 0 Å². The summed E-state index contributed by atoms with van der Waals surface area (Å²) >= 11 is 0. The van der Waals surface area contributed by atoms with Crippen molar-refractivity contribution in [1.82, 2.24) is 15.5 Å². The molecule has 5 rings (SSSR count). The van der Waals surface area contributed by atoms with Crippen LogP contribution in [0.2, 0.25) is 0 Å². The standard InChI is InChI=1S/C38H44N4O4/c43-33-17-14-30(15-18-33)20-23-39-28-31-12-10-29(11-13-31)16-19-37(44)40-24-27-42-25-21-34(22-26-42)46-38(45)41-36-9-5-4-8-35(36)32-6-2-1-3-7-32/h1-15,17-18,34,39,43H,16,19-28H2,(H,40,44)(H,41,45). The van der Waals surface area contributed by atoms with Gasteiger partial charge in [-0.15, -0.1) is 0 Å². The third-order valence-electron chi connectivity index (χ3n) is 8.33. The number of rotatable bonds is 14. The van der Waals surface area contributed by atoms with Crippen molar-refractivity contribution in [3.63, 3.8) is 0 Å². The van der Waals surface area contributed by atoms with Crippen LogP contribution in [-0.4, -0.2) is 60.8 Å². The molecule has 46 heavy (non-hydrogen) atoms. The zero-order chi connectivity index (χ0) is 32.0. The number of nitrogens with zero attached hydrogens (tertiary/aromatic N) is 1. The molecule has 0 aliphatic carbocycles. The summed E-state index contributed by atoms with van der Waals surface area (Å²) in [6.45, 7) is 4.69. The van der Waals surface area contributed by atoms with Gasteiger partial charge < -0.3 is 25.4 Å². The van der Waals surface area contributed by atoms with Gasteiger partial charge in [0.25, 0.3) is 0 Å². The molecule has 1 heterocycles. The lowest BCUT2D eigenvalue weighted by Gasteiger charge is -2.31. The normalized spacial score (nSPS) is 13.7. The van der Waals surface area contributed by atoms with Gasteiger partial charge in [0.15, 0.2) is 0 Å². The molecule has 240 valence electrons. The molecule has 0 unspecified atom stereocenters. The number of phenolic OH excluding ortho intramolecular Hbond substituents is 1. The van der Waals surface area contributed by atoms with E-state index in [1.165, 1.54) is 11.1 Å². The quantitative estimate of drug-likeness (QED) is 0.126. The zero-order valence-electron chi connectivity index (χ0n) is 26.3. The van der Waals surface area contributed by atoms with E-state index in [0.717, 1.165) is 74.4 Å². The van der Waals surface area contributed by atoms with Gasteiger partial charge in [-0.25, -0.2) is 4.79 Å². The van der Waals surface area contributed by atoms with Crippen LogP contribution in [0.5, 0.6) is 5.75 Å². The zero-order valence-corrected chi connectivity index (χ0v) is 26.3. The molecule has 1 saturated heterocycles. The Morgan fingerprint density at radius 1 is 0.761 bits per heavy atom. The second-order valence-corrected chi connectivity index (χ2v) is 11.7. The van der Waals surface area contributed by atoms with E-state index in [9.17, 15) is 14.7 Å². The van der Waals surface area contributed by atoms with Crippen LogP contribution in [0.3, 0.4) is 0 Å². The maximum Gasteiger partial charge on any atom is 0.411 e. The molecule has 1 aliphatic heterocycles. The molecular formula is C38H44N4O4. The lowest BCUT2D eigenvalue weighted by atomic mass is 10.0. The molecule has 0 bridgehead atoms. The van der Waals surface area contributed by atoms with Crippen molar-refractivity contribution in [2.75, 3.05) is 38.0 Å². The first-order valence-electron chi connectivity index (χ1n) is 16.2. The van der Waals surface area contributed by atoms with Crippen molar-refractivity contribution in [3.8, 4) is 16.9 Å². The number of amides is 2. The summed E-state index contributed by atoms with van der Waals surface area (Å²) in [5.74, 6) is 0.351. The third-order valence-corrected chi connectivity index (χ3v) is 8.33. The number of phenols is 1. The van der Waals surface area contributed by atoms with Gasteiger partial charge in [-0.05, 0) is 72.7 Å². The minimum absolute atomic E-state index is 0.0608. The first-order chi connectivity index (χ1) is 22.5. The minimum atomic E-state index is -0.428. The van der Waals surface area contributed by atoms with Crippen molar-refractivity contribution in [3.05, 3.63) is 120 Å². The summed E-state index contributed by atoms with van der Waals surface area (Å²) in [6.07, 6.45) is 3.07. The fraction of sp³-hybridized carbons (Fsp3) is 0.316. The average Bonchev–Trinajstić information content (AvgIpc) is 3.08. The number of carbonyl (C=O) groups excluding carboxylic acids is 2. The highest BCUT2D eigenvalue weighted by atomic mass is 16.6. The monoisotopic (exact) mass is 620 g/mol. The fourth-order valence-electron chi connectivity index (χ4n) is 5.65. The first-order valence-corrected chi connectivity index (χ1v) is 16.2. The van der Waals surface area contributed by atoms with E-state index < -0.39 is 6.09 Å². The Morgan fingerprint density at radius 3 is 2.17 bits per heavy atom. The van der Waals surface area contributed by atoms with Crippen molar-refractivity contribution >= 4 is 17.7 Å². The maximum absolute atomic E-state index is 12.7. The number of likely N-dealkylation sites (tertiary alicyclic amines) is 1. The molecule has 0 atom stereocenters. The minimum Gasteiger partial charge on any atom is -0.508 e. The highest BCUT2D eigenvalue weighted by molar-refractivity contribution is 5.91. The average molecular weight is 621 g/mol. The lowest BCUT2D eigenvalue weighted by Crippen LogP contribution is -2.42. The van der Waals surface area contributed by atoms with Crippen molar-refractivity contribution in [2.45, 2.75) is 44.8 Å². The SMILES string of the molecule is O=C(CCc1ccc(CNCCc2ccc(O)cc2)cc1)NCCN1CCC(OC(=O)Nc2ccccc2-c2ccccc2)CC1. The number of ether oxygens (including phenoxy) is 1. The first kappa shape index (κ1) is 32.7. The highest BCUT2D eigenvalue weighted by Crippen LogP contribution is 2.28. The van der Waals surface area contributed by atoms with Crippen molar-refractivity contribution < 1.29 is 19.4 Å². The molecule has 4 N–H and O–H groups in total. The van der Waals surface area contributed by atoms with E-state index in [4.69, 9.17) is 4.74 Å². The number of anilines is 1. The Balaban J connectivity index is 0.922. The highest BCUT2D eigenvalue weighted by Gasteiger charge is 2.22. The molecule has 4 aromatic carbocycles. The summed E-state index contributed by atoms with van der Waals surface area (Å²) in [7, 11) is 0. The van der Waals surface area contributed by atoms with Gasteiger partial charge in [-0.3, -0.25) is 10.1 Å². The Kier molecular flexibility index (Phi) is 12.2. The summed E-state index contributed by atoms with van der Waals surface area (Å²) in [6, 6.07) is 33.4. The van der Waals surface area contributed by atoms with Crippen LogP contribution in [0.15, 0.2) is 103 Å². The van der Waals surface area contributed by atoms with E-state index in [1.54, 1.807) is 12.1 Å². The Bertz CT molecular complexity index is 1520. The van der Waals surface area contributed by atoms with Crippen LogP contribution >= 0.6 is 0 Å². The van der Waals surface area contributed by atoms with E-state index in [2.05, 4.69) is 45.1 Å². The van der Waals surface area contributed by atoms with Crippen LogP contribution in [0.25, 0.3) is 11.1 Å². The van der Waals surface area contributed by atoms with Crippen molar-refractivity contribution in [2.24, 2.45) is 0 Å². The van der Waals surface area contributed by atoms with Gasteiger partial charge in [0.05, 0.1) is 5.69 Å². The number of benzene rings is 4. The van der Waals surface area contributed by atoms with Gasteiger partial charge >= 0.3 is 6.09 Å². The number of para-hydroxylation sites is 1. The van der Waals surface area contributed by atoms with Gasteiger partial charge in [-0.2, -0.15) is 0 Å². The summed E-state index contributed by atoms with van der Waals surface area (Å²) < 4.78 is 5.75. The largest absolute Gasteiger partial charge is 0.508 e. The van der Waals surface area contributed by atoms with Gasteiger partial charge in [0.2, 0.25) is 5.91 Å². The van der Waals surface area contributed by atoms with Crippen LogP contribution in [0.1, 0.15) is 36.0 Å². The van der Waals surface area contributed by atoms with E-state index in [0.29, 0.717) is 25.1 Å². The number of aryl methyl sites for hydroxylation is 1. The van der Waals surface area contributed by atoms with Gasteiger partial charge in [0, 0.05) is 44.7 Å². The molecule has 0 radical (unpaired) electrons. The fourth-order valence-corrected chi connectivity index (χ4v) is 5.65. The number of carbonyl (C=O) groups is 2. The molecule has 0 spiro atoms. The topological polar surface area (TPSA) is 103 Å². The number of piperidine rings is 1. The molecule has 0 aromatic heterocycles. The Morgan fingerprint density at radius 2 is 1.41 bits per heavy atom. The van der Waals surface area contributed by atoms with Crippen LogP contribution in [0, 0.1) is 0 Å². The number of hydrogen-bond acceptors (Lipinski definition) is 6. The second kappa shape index (κ2) is 17.1. The summed E-state index contributed by atoms with van der Waals surface area (Å²) in [5, 5.41) is 18.8. The predicted molar refractivity (Wildman–Crippen MR) is 183 cm³/mol. The van der Waals surface area contributed by atoms with Crippen LogP contribution in [0.4, 0.5) is 10.5 Å². The molecule has 1 fully saturated rings. The molecular weight excluding hydrogens is 576 g/mol. The Hall–Kier alpha value is -4.66. The molecule has 0 saturated carbocycles. The molecule has 1 aliphatic rings. The van der Waals surface area contributed by atoms with E-state index in [1.807, 2.05) is 66.7 Å². The van der Waals surface area contributed by atoms with Crippen LogP contribution in [-0.2, 0) is 28.9 Å². The number of nitrogens with one attached hydrogen (secondary N) is 3.